The first-order valence-electron chi connectivity index (χ1n) is 7.02. The van der Waals surface area contributed by atoms with Crippen molar-refractivity contribution in [2.24, 2.45) is 0 Å². The molecule has 106 valence electrons. The summed E-state index contributed by atoms with van der Waals surface area (Å²) in [5.74, 6) is 1.32. The van der Waals surface area contributed by atoms with Crippen molar-refractivity contribution in [3.63, 3.8) is 0 Å². The fraction of sp³-hybridized carbons (Fsp3) is 0.400. The predicted molar refractivity (Wildman–Crippen MR) is 81.8 cm³/mol. The van der Waals surface area contributed by atoms with Crippen LogP contribution in [0.5, 0.6) is 0 Å². The van der Waals surface area contributed by atoms with Crippen LogP contribution < -0.4 is 10.6 Å². The summed E-state index contributed by atoms with van der Waals surface area (Å²) >= 11 is 0. The lowest BCUT2D eigenvalue weighted by atomic mass is 10.1. The summed E-state index contributed by atoms with van der Waals surface area (Å²) in [7, 11) is 0. The largest absolute Gasteiger partial charge is 0.368 e. The first kappa shape index (κ1) is 14.2. The van der Waals surface area contributed by atoms with E-state index in [2.05, 4.69) is 63.9 Å². The van der Waals surface area contributed by atoms with E-state index < -0.39 is 0 Å². The summed E-state index contributed by atoms with van der Waals surface area (Å²) in [6.45, 7) is 5.04. The number of benzene rings is 1. The molecule has 0 aliphatic carbocycles. The van der Waals surface area contributed by atoms with E-state index in [-0.39, 0.29) is 0 Å². The van der Waals surface area contributed by atoms with Gasteiger partial charge < -0.3 is 10.6 Å². The highest BCUT2D eigenvalue weighted by atomic mass is 15.3. The summed E-state index contributed by atoms with van der Waals surface area (Å²) in [6.07, 6.45) is 3.63. The molecule has 1 unspecified atom stereocenters. The van der Waals surface area contributed by atoms with Gasteiger partial charge in [-0.25, -0.2) is 0 Å². The Morgan fingerprint density at radius 3 is 2.75 bits per heavy atom. The number of rotatable bonds is 7. The summed E-state index contributed by atoms with van der Waals surface area (Å²) in [6, 6.07) is 10.7. The minimum absolute atomic E-state index is 0.344. The lowest BCUT2D eigenvalue weighted by Crippen LogP contribution is -2.17. The molecule has 1 aromatic heterocycles. The van der Waals surface area contributed by atoms with Gasteiger partial charge in [0.2, 0.25) is 5.95 Å². The summed E-state index contributed by atoms with van der Waals surface area (Å²) < 4.78 is 0. The predicted octanol–water partition coefficient (Wildman–Crippen LogP) is 2.74. The lowest BCUT2D eigenvalue weighted by molar-refractivity contribution is 0.746. The highest BCUT2D eigenvalue weighted by Gasteiger charge is 2.03. The summed E-state index contributed by atoms with van der Waals surface area (Å²) in [5, 5.41) is 14.4. The van der Waals surface area contributed by atoms with Crippen molar-refractivity contribution >= 4 is 11.8 Å². The zero-order chi connectivity index (χ0) is 14.2. The first-order chi connectivity index (χ1) is 9.78. The normalized spacial score (nSPS) is 11.9. The van der Waals surface area contributed by atoms with E-state index >= 15 is 0 Å². The Morgan fingerprint density at radius 2 is 2.00 bits per heavy atom. The van der Waals surface area contributed by atoms with Gasteiger partial charge in [0.25, 0.3) is 0 Å². The Bertz CT molecular complexity index is 515. The number of nitrogens with one attached hydrogen (secondary N) is 2. The molecule has 20 heavy (non-hydrogen) atoms. The Kier molecular flexibility index (Phi) is 5.29. The van der Waals surface area contributed by atoms with Crippen molar-refractivity contribution in [2.75, 3.05) is 17.2 Å². The third-order valence-electron chi connectivity index (χ3n) is 3.11. The molecule has 2 aromatic rings. The monoisotopic (exact) mass is 271 g/mol. The molecule has 1 atom stereocenters. The number of nitrogens with zero attached hydrogens (tertiary/aromatic N) is 3. The molecule has 0 radical (unpaired) electrons. The molecule has 2 N–H and O–H groups in total. The number of anilines is 2. The van der Waals surface area contributed by atoms with Crippen molar-refractivity contribution in [3.8, 4) is 0 Å². The number of hydrogen-bond donors (Lipinski definition) is 2. The quantitative estimate of drug-likeness (QED) is 0.810. The average molecular weight is 271 g/mol. The SMILES string of the molecule is CCC(C)Nc1nncc(NCCc2ccccc2)n1. The first-order valence-corrected chi connectivity index (χ1v) is 7.02. The maximum absolute atomic E-state index is 4.40. The van der Waals surface area contributed by atoms with Crippen LogP contribution in [0.15, 0.2) is 36.5 Å². The van der Waals surface area contributed by atoms with Crippen LogP contribution in [-0.4, -0.2) is 27.8 Å². The Labute approximate surface area is 119 Å². The van der Waals surface area contributed by atoms with Gasteiger partial charge in [-0.1, -0.05) is 37.3 Å². The molecule has 1 aromatic carbocycles. The second-order valence-electron chi connectivity index (χ2n) is 4.78. The Morgan fingerprint density at radius 1 is 1.20 bits per heavy atom. The molecule has 0 spiro atoms. The highest BCUT2D eigenvalue weighted by Crippen LogP contribution is 2.06. The van der Waals surface area contributed by atoms with Crippen molar-refractivity contribution < 1.29 is 0 Å². The molecular formula is C15H21N5. The third-order valence-corrected chi connectivity index (χ3v) is 3.11. The molecule has 1 heterocycles. The van der Waals surface area contributed by atoms with Crippen molar-refractivity contribution in [3.05, 3.63) is 42.1 Å². The van der Waals surface area contributed by atoms with Gasteiger partial charge >= 0.3 is 0 Å². The van der Waals surface area contributed by atoms with E-state index in [0.717, 1.165) is 25.2 Å². The second kappa shape index (κ2) is 7.43. The van der Waals surface area contributed by atoms with Crippen LogP contribution in [0.3, 0.4) is 0 Å². The topological polar surface area (TPSA) is 62.7 Å². The highest BCUT2D eigenvalue weighted by molar-refractivity contribution is 5.37. The summed E-state index contributed by atoms with van der Waals surface area (Å²) in [5.41, 5.74) is 1.31. The van der Waals surface area contributed by atoms with E-state index in [0.29, 0.717) is 12.0 Å². The lowest BCUT2D eigenvalue weighted by Gasteiger charge is -2.11. The zero-order valence-electron chi connectivity index (χ0n) is 12.0. The van der Waals surface area contributed by atoms with Crippen LogP contribution >= 0.6 is 0 Å². The zero-order valence-corrected chi connectivity index (χ0v) is 12.0. The van der Waals surface area contributed by atoms with Gasteiger partial charge in [-0.15, -0.1) is 5.10 Å². The van der Waals surface area contributed by atoms with Gasteiger partial charge in [0.1, 0.15) is 0 Å². The maximum Gasteiger partial charge on any atom is 0.244 e. The van der Waals surface area contributed by atoms with Crippen LogP contribution in [-0.2, 0) is 6.42 Å². The molecule has 0 fully saturated rings. The molecule has 0 bridgehead atoms. The molecule has 0 amide bonds. The molecule has 2 rings (SSSR count). The molecule has 0 aliphatic rings. The minimum Gasteiger partial charge on any atom is -0.368 e. The van der Waals surface area contributed by atoms with Gasteiger partial charge in [0, 0.05) is 12.6 Å². The maximum atomic E-state index is 4.40. The Hall–Kier alpha value is -2.17. The number of aromatic nitrogens is 3. The van der Waals surface area contributed by atoms with E-state index in [9.17, 15) is 0 Å². The van der Waals surface area contributed by atoms with Gasteiger partial charge in [-0.3, -0.25) is 0 Å². The fourth-order valence-corrected chi connectivity index (χ4v) is 1.75. The third kappa shape index (κ3) is 4.50. The van der Waals surface area contributed by atoms with Crippen molar-refractivity contribution in [2.45, 2.75) is 32.7 Å². The molecule has 5 heteroatoms. The smallest absolute Gasteiger partial charge is 0.244 e. The van der Waals surface area contributed by atoms with Crippen LogP contribution in [0.1, 0.15) is 25.8 Å². The van der Waals surface area contributed by atoms with E-state index in [1.807, 2.05) is 6.07 Å². The fourth-order valence-electron chi connectivity index (χ4n) is 1.75. The summed E-state index contributed by atoms with van der Waals surface area (Å²) in [4.78, 5) is 4.40. The van der Waals surface area contributed by atoms with E-state index in [1.165, 1.54) is 5.56 Å². The van der Waals surface area contributed by atoms with Gasteiger partial charge in [-0.05, 0) is 25.3 Å². The standard InChI is InChI=1S/C15H21N5/c1-3-12(2)18-15-19-14(11-17-20-15)16-10-9-13-7-5-4-6-8-13/h4-8,11-12H,3,9-10H2,1-2H3,(H2,16,18,19,20). The van der Waals surface area contributed by atoms with Crippen LogP contribution in [0.4, 0.5) is 11.8 Å². The van der Waals surface area contributed by atoms with Crippen LogP contribution in [0.2, 0.25) is 0 Å². The van der Waals surface area contributed by atoms with Crippen LogP contribution in [0, 0.1) is 0 Å². The van der Waals surface area contributed by atoms with Crippen molar-refractivity contribution in [1.29, 1.82) is 0 Å². The van der Waals surface area contributed by atoms with E-state index in [4.69, 9.17) is 0 Å². The molecular weight excluding hydrogens is 250 g/mol. The molecule has 0 saturated carbocycles. The molecule has 0 saturated heterocycles. The Balaban J connectivity index is 1.85. The van der Waals surface area contributed by atoms with Gasteiger partial charge in [0.05, 0.1) is 6.20 Å². The minimum atomic E-state index is 0.344. The number of hydrogen-bond acceptors (Lipinski definition) is 5. The van der Waals surface area contributed by atoms with Crippen molar-refractivity contribution in [1.82, 2.24) is 15.2 Å². The molecule has 0 aliphatic heterocycles. The average Bonchev–Trinajstić information content (AvgIpc) is 2.48. The van der Waals surface area contributed by atoms with Crippen LogP contribution in [0.25, 0.3) is 0 Å². The second-order valence-corrected chi connectivity index (χ2v) is 4.78. The van der Waals surface area contributed by atoms with Gasteiger partial charge in [0.15, 0.2) is 5.82 Å². The van der Waals surface area contributed by atoms with Gasteiger partial charge in [-0.2, -0.15) is 10.1 Å². The molecule has 5 nitrogen and oxygen atoms in total. The van der Waals surface area contributed by atoms with E-state index in [1.54, 1.807) is 6.20 Å².